The number of hydrogen-bond acceptors (Lipinski definition) is 18. The fourth-order valence-corrected chi connectivity index (χ4v) is 11.3. The van der Waals surface area contributed by atoms with Gasteiger partial charge in [-0.15, -0.1) is 0 Å². The van der Waals surface area contributed by atoms with Gasteiger partial charge in [-0.05, 0) is 170 Å². The minimum absolute atomic E-state index is 0. The second-order valence-corrected chi connectivity index (χ2v) is 27.7. The number of carbonyl (C=O) groups excluding carboxylic acids is 9. The molecule has 0 spiro atoms. The van der Waals surface area contributed by atoms with E-state index in [9.17, 15) is 47.9 Å². The van der Waals surface area contributed by atoms with Gasteiger partial charge in [-0.1, -0.05) is 137 Å². The first-order chi connectivity index (χ1) is 49.8. The monoisotopic (exact) mass is 1640 g/mol. The van der Waals surface area contributed by atoms with E-state index in [1.54, 1.807) is 93.6 Å². The molecule has 4 aromatic heterocycles. The molecule has 6 N–H and O–H groups in total. The van der Waals surface area contributed by atoms with Crippen LogP contribution in [0, 0.1) is 0 Å². The number of carboxylic acid groups (broad SMARTS) is 1. The summed E-state index contributed by atoms with van der Waals surface area (Å²) in [5, 5.41) is 24.5. The fourth-order valence-electron chi connectivity index (χ4n) is 8.75. The van der Waals surface area contributed by atoms with E-state index in [4.69, 9.17) is 119 Å². The Hall–Kier alpha value is -9.12. The number of methoxy groups -OCH3 is 1. The maximum Gasteiger partial charge on any atom is 0.410 e. The number of rotatable bonds is 21. The molecule has 4 aromatic carbocycles. The van der Waals surface area contributed by atoms with E-state index in [-0.39, 0.29) is 103 Å². The molecule has 0 unspecified atom stereocenters. The summed E-state index contributed by atoms with van der Waals surface area (Å²) in [5.41, 5.74) is 4.03. The third-order valence-corrected chi connectivity index (χ3v) is 18.1. The Balaban J connectivity index is 0.000000266. The molecule has 1 aliphatic heterocycles. The van der Waals surface area contributed by atoms with Gasteiger partial charge in [0.2, 0.25) is 0 Å². The number of likely N-dealkylation sites (tertiary alicyclic amines) is 1. The first kappa shape index (κ1) is 87.5. The number of pyridine rings is 4. The number of hydrogen-bond donors (Lipinski definition) is 6. The predicted molar refractivity (Wildman–Crippen MR) is 409 cm³/mol. The lowest BCUT2D eigenvalue weighted by atomic mass is 10.2. The van der Waals surface area contributed by atoms with E-state index < -0.39 is 46.1 Å². The van der Waals surface area contributed by atoms with Gasteiger partial charge >= 0.3 is 23.3 Å². The maximum atomic E-state index is 12.8. The van der Waals surface area contributed by atoms with Crippen LogP contribution in [0.2, 0.25) is 40.2 Å². The van der Waals surface area contributed by atoms with E-state index in [1.165, 1.54) is 91.4 Å². The van der Waals surface area contributed by atoms with Gasteiger partial charge < -0.3 is 50.8 Å². The first-order valence-corrected chi connectivity index (χ1v) is 35.1. The highest BCUT2D eigenvalue weighted by Gasteiger charge is 2.39. The molecule has 0 saturated carbocycles. The standard InChI is InChI=1S/C28H32Cl2N4O6S.C15H12Cl2N2O3.C14H9Cl3N2O2.C14H10Cl2N2O3.CH4/c1-5-10-39-26(37)34-16-20(41-27(38)40-28(2,3)4)12-19(34)15-33-25(36)23-9-7-18(14-31-23)24(35)32-13-17-6-8-21(29)22(30)11-17;1-22-15(21)13-5-3-10(8-18-13)14(20)19-7-9-2-4-11(16)12(17)6-9;15-10-3-1-8(5-11(10)16)6-19-14(21)9-2-4-12(13(17)20)18-7-9;15-10-3-1-8(5-11(10)16)6-18-13(19)9-2-4-12(14(20)21)17-7-9;/h5-9,11,14,19-20H,1,10,12-13,15-16H2,2-4H3,(H,32,35)(H,33,36);2-6,8H,7H2,1H3,(H,19,20);1-5,7H,6H2,(H,19,21);1-5,7H,6H2,(H,18,19)(H,20,21);1H4/t19-,20-;;;;/m0..../s1. The van der Waals surface area contributed by atoms with E-state index in [0.29, 0.717) is 70.8 Å². The number of thioether (sulfide) groups is 1. The lowest BCUT2D eigenvalue weighted by Gasteiger charge is -2.23. The van der Waals surface area contributed by atoms with E-state index >= 15 is 0 Å². The van der Waals surface area contributed by atoms with Gasteiger partial charge in [-0.2, -0.15) is 0 Å². The van der Waals surface area contributed by atoms with Crippen LogP contribution in [-0.2, 0) is 40.4 Å². The predicted octanol–water partition coefficient (Wildman–Crippen LogP) is 15.9. The Morgan fingerprint density at radius 3 is 1.19 bits per heavy atom. The van der Waals surface area contributed by atoms with Gasteiger partial charge in [0, 0.05) is 69.3 Å². The summed E-state index contributed by atoms with van der Waals surface area (Å²) in [6.45, 7) is 10.4. The van der Waals surface area contributed by atoms with Gasteiger partial charge in [0.05, 0.1) is 75.6 Å². The Labute approximate surface area is 658 Å². The quantitative estimate of drug-likeness (QED) is 0.0168. The highest BCUT2D eigenvalue weighted by molar-refractivity contribution is 8.13. The smallest absolute Gasteiger partial charge is 0.410 e. The van der Waals surface area contributed by atoms with Crippen LogP contribution in [0.5, 0.6) is 0 Å². The summed E-state index contributed by atoms with van der Waals surface area (Å²) in [7, 11) is 1.27. The van der Waals surface area contributed by atoms with Crippen molar-refractivity contribution >= 4 is 174 Å². The number of nitrogens with zero attached hydrogens (tertiary/aromatic N) is 5. The van der Waals surface area contributed by atoms with Crippen molar-refractivity contribution in [2.24, 2.45) is 0 Å². The van der Waals surface area contributed by atoms with Crippen molar-refractivity contribution in [3.05, 3.63) is 266 Å². The fraction of sp³-hybridized carbons (Fsp3) is 0.222. The molecule has 6 amide bonds. The second kappa shape index (κ2) is 42.9. The number of aromatic nitrogens is 4. The van der Waals surface area contributed by atoms with Crippen LogP contribution in [-0.4, -0.2) is 132 Å². The highest BCUT2D eigenvalue weighted by atomic mass is 35.5. The van der Waals surface area contributed by atoms with Gasteiger partial charge in [-0.25, -0.2) is 29.1 Å². The molecule has 0 radical (unpaired) electrons. The van der Waals surface area contributed by atoms with Crippen molar-refractivity contribution in [1.82, 2.24) is 51.4 Å². The van der Waals surface area contributed by atoms with Gasteiger partial charge in [0.25, 0.3) is 34.8 Å². The molecule has 2 atom stereocenters. The Bertz CT molecular complexity index is 4350. The number of amides is 6. The summed E-state index contributed by atoms with van der Waals surface area (Å²) in [6.07, 6.45) is 6.47. The molecule has 8 aromatic rings. The zero-order chi connectivity index (χ0) is 77.1. The largest absolute Gasteiger partial charge is 0.477 e. The van der Waals surface area contributed by atoms with Gasteiger partial charge in [0.1, 0.15) is 35.0 Å². The van der Waals surface area contributed by atoms with Crippen LogP contribution in [0.1, 0.15) is 140 Å². The molecule has 24 nitrogen and oxygen atoms in total. The summed E-state index contributed by atoms with van der Waals surface area (Å²) in [6, 6.07) is 31.4. The number of esters is 1. The van der Waals surface area contributed by atoms with Gasteiger partial charge in [-0.3, -0.25) is 38.7 Å². The third-order valence-electron chi connectivity index (χ3n) is 14.0. The number of carboxylic acids is 1. The van der Waals surface area contributed by atoms with Crippen LogP contribution >= 0.6 is 116 Å². The van der Waals surface area contributed by atoms with Crippen LogP contribution in [0.25, 0.3) is 0 Å². The number of halogens is 9. The number of benzene rings is 4. The number of carbonyl (C=O) groups is 10. The normalized spacial score (nSPS) is 12.6. The maximum absolute atomic E-state index is 12.8. The minimum atomic E-state index is -1.14. The lowest BCUT2D eigenvalue weighted by molar-refractivity contribution is 0.0591. The van der Waals surface area contributed by atoms with Crippen LogP contribution in [0.4, 0.5) is 9.59 Å². The van der Waals surface area contributed by atoms with Crippen molar-refractivity contribution in [3.63, 3.8) is 0 Å². The van der Waals surface area contributed by atoms with E-state index in [2.05, 4.69) is 57.8 Å². The molecule has 0 aliphatic carbocycles. The first-order valence-electron chi connectivity index (χ1n) is 30.8. The Morgan fingerprint density at radius 2 is 0.877 bits per heavy atom. The molecule has 1 fully saturated rings. The number of aromatic carboxylic acids is 1. The molecule has 0 bridgehead atoms. The zero-order valence-corrected chi connectivity index (χ0v) is 63.4. The summed E-state index contributed by atoms with van der Waals surface area (Å²) in [4.78, 5) is 136. The Morgan fingerprint density at radius 1 is 0.519 bits per heavy atom. The number of nitrogens with one attached hydrogen (secondary N) is 5. The average Bonchev–Trinajstić information content (AvgIpc) is 1.65. The highest BCUT2D eigenvalue weighted by Crippen LogP contribution is 2.31. The molecule has 558 valence electrons. The molecule has 1 saturated heterocycles. The minimum Gasteiger partial charge on any atom is -0.477 e. The van der Waals surface area contributed by atoms with E-state index in [1.807, 2.05) is 0 Å². The Kier molecular flexibility index (Phi) is 35.4. The molecule has 1 aliphatic rings. The van der Waals surface area contributed by atoms with Crippen molar-refractivity contribution < 1.29 is 67.3 Å². The molecule has 9 rings (SSSR count). The summed E-state index contributed by atoms with van der Waals surface area (Å²) < 4.78 is 15.1. The molecule has 34 heteroatoms. The molecular weight excluding hydrogens is 1580 g/mol. The van der Waals surface area contributed by atoms with E-state index in [0.717, 1.165) is 34.0 Å². The average molecular weight is 1650 g/mol. The topological polar surface area (TPSA) is 334 Å². The van der Waals surface area contributed by atoms with Crippen molar-refractivity contribution in [1.29, 1.82) is 0 Å². The molecule has 5 heterocycles. The SMILES string of the molecule is C.C=CCOC(=O)N1C[C@@H](SC(=O)OC(C)(C)C)C[C@H]1CNC(=O)c1ccc(C(=O)NCc2ccc(Cl)c(Cl)c2)cn1.COC(=O)c1ccc(C(=O)NCc2ccc(Cl)c(Cl)c2)cn1.O=C(NCc1ccc(Cl)c(Cl)c1)c1ccc(C(=O)Cl)nc1.O=C(NCc1ccc(Cl)c(Cl)c1)c1ccc(C(=O)O)nc1. The summed E-state index contributed by atoms with van der Waals surface area (Å²) in [5.74, 6) is -3.53. The second-order valence-electron chi connectivity index (χ2n) is 22.8. The molecule has 106 heavy (non-hydrogen) atoms. The molecular formula is C72H67Cl9N10O14S. The van der Waals surface area contributed by atoms with Crippen LogP contribution in [0.3, 0.4) is 0 Å². The van der Waals surface area contributed by atoms with Crippen molar-refractivity contribution in [3.8, 4) is 0 Å². The third kappa shape index (κ3) is 28.6. The van der Waals surface area contributed by atoms with Crippen LogP contribution < -0.4 is 26.6 Å². The van der Waals surface area contributed by atoms with Crippen molar-refractivity contribution in [2.45, 2.75) is 77.7 Å². The van der Waals surface area contributed by atoms with Gasteiger partial charge in [0.15, 0.2) is 0 Å². The lowest BCUT2D eigenvalue weighted by Crippen LogP contribution is -2.43. The van der Waals surface area contributed by atoms with Crippen LogP contribution in [0.15, 0.2) is 159 Å². The summed E-state index contributed by atoms with van der Waals surface area (Å²) >= 11 is 53.4. The van der Waals surface area contributed by atoms with Crippen molar-refractivity contribution in [2.75, 3.05) is 26.8 Å². The number of ether oxygens (including phenoxy) is 3. The zero-order valence-electron chi connectivity index (χ0n) is 55.8.